The topological polar surface area (TPSA) is 66.5 Å². The molecule has 1 aliphatic rings. The largest absolute Gasteiger partial charge is 0.353 e. The third kappa shape index (κ3) is 3.94. The van der Waals surface area contributed by atoms with Crippen LogP contribution in [0.15, 0.2) is 48.5 Å². The number of hydrogen-bond donors (Lipinski definition) is 1. The Morgan fingerprint density at radius 3 is 2.19 bits per heavy atom. The maximum Gasteiger partial charge on any atom is 0.261 e. The average molecular weight is 371 g/mol. The number of carbonyl (C=O) groups excluding carboxylic acids is 3. The number of amides is 3. The highest BCUT2D eigenvalue weighted by molar-refractivity contribution is 6.30. The summed E-state index contributed by atoms with van der Waals surface area (Å²) in [4.78, 5) is 37.8. The van der Waals surface area contributed by atoms with Crippen molar-refractivity contribution in [2.45, 2.75) is 25.8 Å². The maximum atomic E-state index is 12.3. The molecule has 0 radical (unpaired) electrons. The first kappa shape index (κ1) is 18.1. The molecule has 134 valence electrons. The summed E-state index contributed by atoms with van der Waals surface area (Å²) in [5, 5.41) is 3.57. The zero-order valence-electron chi connectivity index (χ0n) is 14.4. The van der Waals surface area contributed by atoms with E-state index in [0.717, 1.165) is 10.5 Å². The van der Waals surface area contributed by atoms with Gasteiger partial charge in [0.2, 0.25) is 5.91 Å². The highest BCUT2D eigenvalue weighted by Gasteiger charge is 2.34. The van der Waals surface area contributed by atoms with Crippen LogP contribution in [-0.4, -0.2) is 35.2 Å². The van der Waals surface area contributed by atoms with Crippen LogP contribution in [0.3, 0.4) is 0 Å². The maximum absolute atomic E-state index is 12.3. The van der Waals surface area contributed by atoms with E-state index in [4.69, 9.17) is 11.6 Å². The van der Waals surface area contributed by atoms with Crippen LogP contribution in [0.4, 0.5) is 0 Å². The number of carbonyl (C=O) groups is 3. The van der Waals surface area contributed by atoms with E-state index in [-0.39, 0.29) is 36.7 Å². The van der Waals surface area contributed by atoms with Gasteiger partial charge in [-0.05, 0) is 43.2 Å². The van der Waals surface area contributed by atoms with Crippen LogP contribution in [0.25, 0.3) is 0 Å². The third-order valence-electron chi connectivity index (χ3n) is 4.30. The van der Waals surface area contributed by atoms with Crippen LogP contribution >= 0.6 is 11.6 Å². The molecule has 0 aliphatic carbocycles. The Kier molecular flexibility index (Phi) is 5.38. The summed E-state index contributed by atoms with van der Waals surface area (Å²) in [5.74, 6) is -0.872. The Balaban J connectivity index is 1.51. The normalized spacial score (nSPS) is 14.3. The molecule has 3 rings (SSSR count). The lowest BCUT2D eigenvalue weighted by Gasteiger charge is -2.16. The zero-order valence-corrected chi connectivity index (χ0v) is 15.1. The molecule has 2 aromatic rings. The highest BCUT2D eigenvalue weighted by Crippen LogP contribution is 2.22. The molecule has 2 aromatic carbocycles. The second-order valence-electron chi connectivity index (χ2n) is 6.36. The third-order valence-corrected chi connectivity index (χ3v) is 4.56. The van der Waals surface area contributed by atoms with E-state index in [1.54, 1.807) is 24.3 Å². The van der Waals surface area contributed by atoms with Gasteiger partial charge in [0.25, 0.3) is 11.8 Å². The molecule has 6 heteroatoms. The average Bonchev–Trinajstić information content (AvgIpc) is 2.86. The number of fused-ring (bicyclic) bond motifs is 1. The van der Waals surface area contributed by atoms with Gasteiger partial charge in [-0.3, -0.25) is 19.3 Å². The molecule has 26 heavy (non-hydrogen) atoms. The van der Waals surface area contributed by atoms with Crippen molar-refractivity contribution in [1.29, 1.82) is 0 Å². The Morgan fingerprint density at radius 2 is 1.62 bits per heavy atom. The van der Waals surface area contributed by atoms with Gasteiger partial charge < -0.3 is 5.32 Å². The predicted octanol–water partition coefficient (Wildman–Crippen LogP) is 3.07. The van der Waals surface area contributed by atoms with Gasteiger partial charge in [-0.2, -0.15) is 0 Å². The standard InChI is InChI=1S/C20H19ClN2O3/c1-13(12-14-6-8-15(21)9-7-14)22-18(24)10-11-23-19(25)16-4-2-3-5-17(16)20(23)26/h2-9,13H,10-12H2,1H3,(H,22,24). The molecule has 1 N–H and O–H groups in total. The number of nitrogens with one attached hydrogen (secondary N) is 1. The quantitative estimate of drug-likeness (QED) is 0.795. The molecular weight excluding hydrogens is 352 g/mol. The molecule has 5 nitrogen and oxygen atoms in total. The minimum atomic E-state index is -0.340. The van der Waals surface area contributed by atoms with E-state index in [1.165, 1.54) is 0 Å². The molecule has 0 fully saturated rings. The summed E-state index contributed by atoms with van der Waals surface area (Å²) in [7, 11) is 0. The minimum Gasteiger partial charge on any atom is -0.353 e. The second kappa shape index (κ2) is 7.70. The van der Waals surface area contributed by atoms with Crippen molar-refractivity contribution in [2.24, 2.45) is 0 Å². The second-order valence-corrected chi connectivity index (χ2v) is 6.79. The summed E-state index contributed by atoms with van der Waals surface area (Å²) >= 11 is 5.86. The number of hydrogen-bond acceptors (Lipinski definition) is 3. The molecule has 1 heterocycles. The Bertz CT molecular complexity index is 813. The van der Waals surface area contributed by atoms with Gasteiger partial charge in [0.15, 0.2) is 0 Å². The van der Waals surface area contributed by atoms with E-state index in [2.05, 4.69) is 5.32 Å². The molecule has 1 unspecified atom stereocenters. The Labute approximate surface area is 156 Å². The van der Waals surface area contributed by atoms with E-state index in [1.807, 2.05) is 31.2 Å². The van der Waals surface area contributed by atoms with E-state index in [9.17, 15) is 14.4 Å². The smallest absolute Gasteiger partial charge is 0.261 e. The van der Waals surface area contributed by atoms with E-state index < -0.39 is 0 Å². The fraction of sp³-hybridized carbons (Fsp3) is 0.250. The van der Waals surface area contributed by atoms with Crippen molar-refractivity contribution in [1.82, 2.24) is 10.2 Å². The highest BCUT2D eigenvalue weighted by atomic mass is 35.5. The molecule has 0 spiro atoms. The summed E-state index contributed by atoms with van der Waals surface area (Å²) < 4.78 is 0. The van der Waals surface area contributed by atoms with E-state index >= 15 is 0 Å². The van der Waals surface area contributed by atoms with Crippen molar-refractivity contribution in [2.75, 3.05) is 6.54 Å². The van der Waals surface area contributed by atoms with Crippen molar-refractivity contribution < 1.29 is 14.4 Å². The Hall–Kier alpha value is -2.66. The predicted molar refractivity (Wildman–Crippen MR) is 99.2 cm³/mol. The lowest BCUT2D eigenvalue weighted by molar-refractivity contribution is -0.121. The number of halogens is 1. The number of benzene rings is 2. The van der Waals surface area contributed by atoms with Gasteiger partial charge in [-0.15, -0.1) is 0 Å². The van der Waals surface area contributed by atoms with Crippen LogP contribution < -0.4 is 5.32 Å². The fourth-order valence-electron chi connectivity index (χ4n) is 3.03. The van der Waals surface area contributed by atoms with Crippen LogP contribution in [0.5, 0.6) is 0 Å². The number of imide groups is 1. The first-order valence-electron chi connectivity index (χ1n) is 8.44. The monoisotopic (exact) mass is 370 g/mol. The van der Waals surface area contributed by atoms with Gasteiger partial charge in [0.1, 0.15) is 0 Å². The van der Waals surface area contributed by atoms with Gasteiger partial charge in [-0.1, -0.05) is 35.9 Å². The van der Waals surface area contributed by atoms with Crippen molar-refractivity contribution in [3.05, 3.63) is 70.2 Å². The van der Waals surface area contributed by atoms with Crippen LogP contribution in [0.1, 0.15) is 39.6 Å². The molecule has 0 bridgehead atoms. The Morgan fingerprint density at radius 1 is 1.04 bits per heavy atom. The molecule has 1 atom stereocenters. The fourth-order valence-corrected chi connectivity index (χ4v) is 3.15. The van der Waals surface area contributed by atoms with Crippen molar-refractivity contribution in [3.8, 4) is 0 Å². The molecule has 0 aromatic heterocycles. The van der Waals surface area contributed by atoms with Gasteiger partial charge in [0, 0.05) is 24.0 Å². The van der Waals surface area contributed by atoms with Gasteiger partial charge >= 0.3 is 0 Å². The molecule has 0 saturated heterocycles. The summed E-state index contributed by atoms with van der Waals surface area (Å²) in [6.45, 7) is 1.99. The summed E-state index contributed by atoms with van der Waals surface area (Å²) in [6.07, 6.45) is 0.756. The van der Waals surface area contributed by atoms with Crippen LogP contribution in [-0.2, 0) is 11.2 Å². The van der Waals surface area contributed by atoms with Gasteiger partial charge in [-0.25, -0.2) is 0 Å². The molecule has 3 amide bonds. The molecule has 0 saturated carbocycles. The first-order valence-corrected chi connectivity index (χ1v) is 8.82. The van der Waals surface area contributed by atoms with Crippen LogP contribution in [0.2, 0.25) is 5.02 Å². The summed E-state index contributed by atoms with van der Waals surface area (Å²) in [6, 6.07) is 14.1. The SMILES string of the molecule is CC(Cc1ccc(Cl)cc1)NC(=O)CCN1C(=O)c2ccccc2C1=O. The zero-order chi connectivity index (χ0) is 18.7. The minimum absolute atomic E-state index is 0.0640. The van der Waals surface area contributed by atoms with E-state index in [0.29, 0.717) is 22.6 Å². The van der Waals surface area contributed by atoms with Crippen molar-refractivity contribution >= 4 is 29.3 Å². The lowest BCUT2D eigenvalue weighted by Crippen LogP contribution is -2.38. The summed E-state index contributed by atoms with van der Waals surface area (Å²) in [5.41, 5.74) is 1.87. The number of rotatable bonds is 6. The van der Waals surface area contributed by atoms with Gasteiger partial charge in [0.05, 0.1) is 11.1 Å². The molecular formula is C20H19ClN2O3. The lowest BCUT2D eigenvalue weighted by atomic mass is 10.1. The molecule has 1 aliphatic heterocycles. The number of nitrogens with zero attached hydrogens (tertiary/aromatic N) is 1. The first-order chi connectivity index (χ1) is 12.5. The van der Waals surface area contributed by atoms with Crippen molar-refractivity contribution in [3.63, 3.8) is 0 Å². The van der Waals surface area contributed by atoms with Crippen LogP contribution in [0, 0.1) is 0 Å².